The van der Waals surface area contributed by atoms with Gasteiger partial charge in [0.15, 0.2) is 5.41 Å². The van der Waals surface area contributed by atoms with Crippen LogP contribution in [0.2, 0.25) is 0 Å². The van der Waals surface area contributed by atoms with Crippen molar-refractivity contribution in [3.8, 4) is 6.07 Å². The summed E-state index contributed by atoms with van der Waals surface area (Å²) in [7, 11) is 3.75. The topological polar surface area (TPSA) is 113 Å². The number of nitrogens with zero attached hydrogens (tertiary/aromatic N) is 3. The number of primary amides is 1. The zero-order valence-corrected chi connectivity index (χ0v) is 15.6. The van der Waals surface area contributed by atoms with E-state index < -0.39 is 28.2 Å². The number of nitriles is 1. The number of amides is 1. The summed E-state index contributed by atoms with van der Waals surface area (Å²) < 4.78 is 0. The van der Waals surface area contributed by atoms with Crippen LogP contribution in [0.1, 0.15) is 17.0 Å². The van der Waals surface area contributed by atoms with E-state index in [4.69, 9.17) is 5.73 Å². The largest absolute Gasteiger partial charge is 0.378 e. The number of carbonyl (C=O) groups is 1. The van der Waals surface area contributed by atoms with Gasteiger partial charge in [-0.05, 0) is 29.3 Å². The fraction of sp³-hybridized carbons (Fsp3) is 0.238. The molecule has 0 fully saturated rings. The number of anilines is 1. The molecule has 28 heavy (non-hydrogen) atoms. The highest BCUT2D eigenvalue weighted by Gasteiger charge is 2.59. The van der Waals surface area contributed by atoms with Gasteiger partial charge in [0.25, 0.3) is 0 Å². The van der Waals surface area contributed by atoms with Crippen molar-refractivity contribution >= 4 is 17.2 Å². The Morgan fingerprint density at radius 1 is 1.18 bits per heavy atom. The zero-order chi connectivity index (χ0) is 20.5. The summed E-state index contributed by atoms with van der Waals surface area (Å²) in [6.07, 6.45) is 1.38. The highest BCUT2D eigenvalue weighted by Crippen LogP contribution is 2.51. The predicted octanol–water partition coefficient (Wildman–Crippen LogP) is 2.57. The molecular formula is C21H20N4O3. The molecule has 0 saturated heterocycles. The quantitative estimate of drug-likeness (QED) is 0.636. The summed E-state index contributed by atoms with van der Waals surface area (Å²) in [5, 5.41) is 22.0. The molecule has 1 aliphatic rings. The smallest absolute Gasteiger partial charge is 0.247 e. The minimum absolute atomic E-state index is 0.327. The molecule has 7 heteroatoms. The SMILES string of the molecule is CN(C)c1ccc(C2C([N+](=O)[O-])C(c3ccccc3)=CC2(C#N)C(N)=O)cc1. The Bertz CT molecular complexity index is 977. The van der Waals surface area contributed by atoms with Crippen molar-refractivity contribution in [3.63, 3.8) is 0 Å². The van der Waals surface area contributed by atoms with Crippen molar-refractivity contribution in [3.05, 3.63) is 81.9 Å². The van der Waals surface area contributed by atoms with E-state index >= 15 is 0 Å². The summed E-state index contributed by atoms with van der Waals surface area (Å²) in [6, 6.07) is 16.5. The lowest BCUT2D eigenvalue weighted by Crippen LogP contribution is -2.42. The summed E-state index contributed by atoms with van der Waals surface area (Å²) >= 11 is 0. The minimum atomic E-state index is -1.80. The fourth-order valence-corrected chi connectivity index (χ4v) is 3.78. The lowest BCUT2D eigenvalue weighted by atomic mass is 9.73. The third kappa shape index (κ3) is 2.99. The first-order valence-corrected chi connectivity index (χ1v) is 8.72. The van der Waals surface area contributed by atoms with Crippen molar-refractivity contribution in [2.45, 2.75) is 12.0 Å². The number of hydrogen-bond donors (Lipinski definition) is 1. The predicted molar refractivity (Wildman–Crippen MR) is 106 cm³/mol. The second-order valence-corrected chi connectivity index (χ2v) is 7.00. The monoisotopic (exact) mass is 376 g/mol. The number of nitro groups is 1. The third-order valence-corrected chi connectivity index (χ3v) is 5.20. The standard InChI is InChI=1S/C21H20N4O3/c1-24(2)16-10-8-15(9-11-16)18-19(25(27)28)17(14-6-4-3-5-7-14)12-21(18,13-22)20(23)26/h3-12,18-19H,1-2H3,(H2,23,26). The number of benzene rings is 2. The number of hydrogen-bond acceptors (Lipinski definition) is 5. The van der Waals surface area contributed by atoms with Crippen LogP contribution in [0.5, 0.6) is 0 Å². The molecule has 1 aliphatic carbocycles. The van der Waals surface area contributed by atoms with Crippen LogP contribution in [-0.2, 0) is 4.79 Å². The highest BCUT2D eigenvalue weighted by atomic mass is 16.6. The minimum Gasteiger partial charge on any atom is -0.378 e. The molecular weight excluding hydrogens is 356 g/mol. The first kappa shape index (κ1) is 19.1. The van der Waals surface area contributed by atoms with Gasteiger partial charge in [-0.2, -0.15) is 5.26 Å². The lowest BCUT2D eigenvalue weighted by molar-refractivity contribution is -0.510. The van der Waals surface area contributed by atoms with Crippen molar-refractivity contribution in [1.82, 2.24) is 0 Å². The van der Waals surface area contributed by atoms with Crippen molar-refractivity contribution in [1.29, 1.82) is 5.26 Å². The van der Waals surface area contributed by atoms with Crippen LogP contribution >= 0.6 is 0 Å². The maximum absolute atomic E-state index is 12.4. The maximum Gasteiger partial charge on any atom is 0.247 e. The van der Waals surface area contributed by atoms with Gasteiger partial charge in [-0.3, -0.25) is 14.9 Å². The maximum atomic E-state index is 12.4. The molecule has 0 bridgehead atoms. The first-order chi connectivity index (χ1) is 13.3. The van der Waals surface area contributed by atoms with Gasteiger partial charge >= 0.3 is 0 Å². The lowest BCUT2D eigenvalue weighted by Gasteiger charge is -2.26. The van der Waals surface area contributed by atoms with Crippen LogP contribution in [0.4, 0.5) is 5.69 Å². The summed E-state index contributed by atoms with van der Waals surface area (Å²) in [4.78, 5) is 25.9. The van der Waals surface area contributed by atoms with E-state index in [0.29, 0.717) is 16.7 Å². The molecule has 0 aliphatic heterocycles. The second kappa shape index (κ2) is 7.16. The van der Waals surface area contributed by atoms with E-state index in [-0.39, 0.29) is 0 Å². The summed E-state index contributed by atoms with van der Waals surface area (Å²) in [5.41, 5.74) is 6.16. The van der Waals surface area contributed by atoms with E-state index in [1.165, 1.54) is 6.08 Å². The Balaban J connectivity index is 2.22. The van der Waals surface area contributed by atoms with E-state index in [1.54, 1.807) is 54.6 Å². The molecule has 0 heterocycles. The molecule has 0 spiro atoms. The van der Waals surface area contributed by atoms with E-state index in [0.717, 1.165) is 5.69 Å². The molecule has 0 saturated carbocycles. The number of carbonyl (C=O) groups excluding carboxylic acids is 1. The van der Waals surface area contributed by atoms with Gasteiger partial charge in [0.2, 0.25) is 11.9 Å². The normalized spacial score (nSPS) is 23.5. The average molecular weight is 376 g/mol. The van der Waals surface area contributed by atoms with Crippen LogP contribution < -0.4 is 10.6 Å². The molecule has 7 nitrogen and oxygen atoms in total. The third-order valence-electron chi connectivity index (χ3n) is 5.20. The molecule has 2 aromatic rings. The molecule has 3 rings (SSSR count). The van der Waals surface area contributed by atoms with Gasteiger partial charge in [0, 0.05) is 30.3 Å². The summed E-state index contributed by atoms with van der Waals surface area (Å²) in [5.74, 6) is -1.91. The molecule has 2 N–H and O–H groups in total. The van der Waals surface area contributed by atoms with Crippen molar-refractivity contribution in [2.24, 2.45) is 11.1 Å². The molecule has 3 atom stereocenters. The van der Waals surface area contributed by atoms with E-state index in [9.17, 15) is 20.2 Å². The van der Waals surface area contributed by atoms with Crippen LogP contribution in [0, 0.1) is 26.9 Å². The molecule has 2 aromatic carbocycles. The van der Waals surface area contributed by atoms with Gasteiger partial charge < -0.3 is 10.6 Å². The molecule has 1 amide bonds. The summed E-state index contributed by atoms with van der Waals surface area (Å²) in [6.45, 7) is 0. The molecule has 3 unspecified atom stereocenters. The van der Waals surface area contributed by atoms with E-state index in [1.807, 2.05) is 25.1 Å². The van der Waals surface area contributed by atoms with Crippen LogP contribution in [-0.4, -0.2) is 31.0 Å². The van der Waals surface area contributed by atoms with Gasteiger partial charge in [0.1, 0.15) is 0 Å². The Morgan fingerprint density at radius 2 is 1.79 bits per heavy atom. The van der Waals surface area contributed by atoms with Crippen LogP contribution in [0.15, 0.2) is 60.7 Å². The van der Waals surface area contributed by atoms with Crippen LogP contribution in [0.3, 0.4) is 0 Å². The molecule has 142 valence electrons. The van der Waals surface area contributed by atoms with Gasteiger partial charge in [-0.15, -0.1) is 0 Å². The molecule has 0 aromatic heterocycles. The number of rotatable bonds is 5. The zero-order valence-electron chi connectivity index (χ0n) is 15.6. The van der Waals surface area contributed by atoms with Gasteiger partial charge in [0.05, 0.1) is 12.0 Å². The highest BCUT2D eigenvalue weighted by molar-refractivity contribution is 5.93. The Hall–Kier alpha value is -3.66. The Morgan fingerprint density at radius 3 is 2.25 bits per heavy atom. The van der Waals surface area contributed by atoms with E-state index in [2.05, 4.69) is 0 Å². The van der Waals surface area contributed by atoms with Gasteiger partial charge in [-0.25, -0.2) is 0 Å². The average Bonchev–Trinajstić information content (AvgIpc) is 3.05. The van der Waals surface area contributed by atoms with Crippen molar-refractivity contribution in [2.75, 3.05) is 19.0 Å². The Labute approximate surface area is 162 Å². The second-order valence-electron chi connectivity index (χ2n) is 7.00. The Kier molecular flexibility index (Phi) is 4.89. The molecule has 0 radical (unpaired) electrons. The van der Waals surface area contributed by atoms with Crippen molar-refractivity contribution < 1.29 is 9.72 Å². The van der Waals surface area contributed by atoms with Crippen LogP contribution in [0.25, 0.3) is 5.57 Å². The fourth-order valence-electron chi connectivity index (χ4n) is 3.78. The first-order valence-electron chi connectivity index (χ1n) is 8.72. The number of nitrogens with two attached hydrogens (primary N) is 1. The van der Waals surface area contributed by atoms with Gasteiger partial charge in [-0.1, -0.05) is 42.5 Å².